The van der Waals surface area contributed by atoms with Crippen LogP contribution in [0.4, 0.5) is 0 Å². The van der Waals surface area contributed by atoms with Gasteiger partial charge in [0.2, 0.25) is 0 Å². The summed E-state index contributed by atoms with van der Waals surface area (Å²) in [6.07, 6.45) is 1.55. The lowest BCUT2D eigenvalue weighted by atomic mass is 10.1. The molecular formula is C21H47NOP2. The van der Waals surface area contributed by atoms with Gasteiger partial charge >= 0.3 is 0 Å². The van der Waals surface area contributed by atoms with Gasteiger partial charge < -0.3 is 4.52 Å². The Kier molecular flexibility index (Phi) is 12.7. The molecule has 0 rings (SSSR count). The molecule has 0 aromatic carbocycles. The molecule has 0 bridgehead atoms. The van der Waals surface area contributed by atoms with Crippen LogP contribution in [-0.2, 0) is 4.52 Å². The molecule has 25 heavy (non-hydrogen) atoms. The zero-order chi connectivity index (χ0) is 19.9. The first kappa shape index (κ1) is 25.8. The highest BCUT2D eigenvalue weighted by atomic mass is 31.1. The summed E-state index contributed by atoms with van der Waals surface area (Å²) in [6.45, 7) is 29.5. The van der Waals surface area contributed by atoms with E-state index in [0.29, 0.717) is 29.6 Å². The van der Waals surface area contributed by atoms with E-state index in [1.165, 1.54) is 12.7 Å². The lowest BCUT2D eigenvalue weighted by molar-refractivity contribution is 0.242. The van der Waals surface area contributed by atoms with Crippen LogP contribution in [-0.4, -0.2) is 46.5 Å². The maximum atomic E-state index is 6.39. The Balaban J connectivity index is 5.66. The van der Waals surface area contributed by atoms with Gasteiger partial charge in [-0.05, 0) is 50.7 Å². The zero-order valence-electron chi connectivity index (χ0n) is 19.2. The topological polar surface area (TPSA) is 12.5 Å². The Hall–Kier alpha value is 0.780. The molecule has 2 nitrogen and oxygen atoms in total. The van der Waals surface area contributed by atoms with Gasteiger partial charge in [-0.1, -0.05) is 69.2 Å². The molecule has 0 spiro atoms. The van der Waals surface area contributed by atoms with Gasteiger partial charge in [-0.25, -0.2) is 0 Å². The van der Waals surface area contributed by atoms with E-state index in [1.807, 2.05) is 0 Å². The van der Waals surface area contributed by atoms with Crippen molar-refractivity contribution in [2.24, 2.45) is 11.8 Å². The van der Waals surface area contributed by atoms with Crippen molar-refractivity contribution in [2.75, 3.05) is 12.7 Å². The number of hydrogen-bond acceptors (Lipinski definition) is 2. The van der Waals surface area contributed by atoms with Gasteiger partial charge in [0.1, 0.15) is 0 Å². The summed E-state index contributed by atoms with van der Waals surface area (Å²) in [4.78, 5) is 0. The Bertz CT molecular complexity index is 335. The number of hydrogen-bond donors (Lipinski definition) is 0. The normalized spacial score (nSPS) is 15.8. The Morgan fingerprint density at radius 1 is 0.720 bits per heavy atom. The van der Waals surface area contributed by atoms with Crippen LogP contribution in [0.15, 0.2) is 0 Å². The maximum absolute atomic E-state index is 6.39. The predicted octanol–water partition coefficient (Wildman–Crippen LogP) is 7.41. The van der Waals surface area contributed by atoms with Crippen LogP contribution in [0.3, 0.4) is 0 Å². The van der Waals surface area contributed by atoms with E-state index in [1.54, 1.807) is 0 Å². The van der Waals surface area contributed by atoms with Gasteiger partial charge in [0.15, 0.2) is 0 Å². The first-order chi connectivity index (χ1) is 11.4. The van der Waals surface area contributed by atoms with E-state index in [2.05, 4.69) is 87.8 Å². The molecule has 152 valence electrons. The van der Waals surface area contributed by atoms with Crippen LogP contribution in [0.2, 0.25) is 0 Å². The minimum atomic E-state index is -0.383. The van der Waals surface area contributed by atoms with Gasteiger partial charge in [-0.2, -0.15) is 0 Å². The third-order valence-corrected chi connectivity index (χ3v) is 10.1. The van der Waals surface area contributed by atoms with Gasteiger partial charge in [-0.3, -0.25) is 4.67 Å². The highest BCUT2D eigenvalue weighted by Crippen LogP contribution is 2.54. The summed E-state index contributed by atoms with van der Waals surface area (Å²) < 4.78 is 9.31. The van der Waals surface area contributed by atoms with E-state index < -0.39 is 0 Å². The van der Waals surface area contributed by atoms with Gasteiger partial charge in [0.05, 0.1) is 6.10 Å². The number of rotatable bonds is 12. The molecule has 0 aromatic heterocycles. The molecule has 0 radical (unpaired) electrons. The molecule has 0 aliphatic carbocycles. The molecule has 0 aromatic rings. The average Bonchev–Trinajstić information content (AvgIpc) is 2.40. The van der Waals surface area contributed by atoms with E-state index in [-0.39, 0.29) is 16.2 Å². The zero-order valence-corrected chi connectivity index (χ0v) is 21.0. The molecule has 0 amide bonds. The highest BCUT2D eigenvalue weighted by molar-refractivity contribution is 7.56. The van der Waals surface area contributed by atoms with E-state index in [4.69, 9.17) is 4.52 Å². The van der Waals surface area contributed by atoms with E-state index in [9.17, 15) is 0 Å². The molecule has 0 N–H and O–H groups in total. The van der Waals surface area contributed by atoms with Crippen LogP contribution in [0.25, 0.3) is 0 Å². The van der Waals surface area contributed by atoms with Crippen LogP contribution >= 0.6 is 16.2 Å². The van der Waals surface area contributed by atoms with Crippen molar-refractivity contribution in [3.63, 3.8) is 0 Å². The van der Waals surface area contributed by atoms with Crippen molar-refractivity contribution in [1.29, 1.82) is 0 Å². The summed E-state index contributed by atoms with van der Waals surface area (Å²) in [5.41, 5.74) is 2.11. The summed E-state index contributed by atoms with van der Waals surface area (Å²) in [6, 6.07) is 0.630. The Morgan fingerprint density at radius 3 is 1.48 bits per heavy atom. The molecule has 0 saturated carbocycles. The Morgan fingerprint density at radius 2 is 1.20 bits per heavy atom. The molecule has 0 heterocycles. The minimum Gasteiger partial charge on any atom is -0.356 e. The first-order valence-corrected chi connectivity index (χ1v) is 13.3. The summed E-state index contributed by atoms with van der Waals surface area (Å²) in [5.74, 6) is 1.38. The van der Waals surface area contributed by atoms with Gasteiger partial charge in [0, 0.05) is 26.9 Å². The average molecular weight is 392 g/mol. The van der Waals surface area contributed by atoms with Crippen LogP contribution in [0.5, 0.6) is 0 Å². The van der Waals surface area contributed by atoms with Gasteiger partial charge in [0.25, 0.3) is 0 Å². The van der Waals surface area contributed by atoms with Crippen molar-refractivity contribution in [1.82, 2.24) is 4.67 Å². The van der Waals surface area contributed by atoms with Crippen LogP contribution < -0.4 is 0 Å². The fraction of sp³-hybridized carbons (Fsp3) is 1.00. The molecule has 0 fully saturated rings. The molecule has 4 heteroatoms. The quantitative estimate of drug-likeness (QED) is 0.321. The van der Waals surface area contributed by atoms with Crippen LogP contribution in [0.1, 0.15) is 83.1 Å². The fourth-order valence-corrected chi connectivity index (χ4v) is 9.44. The molecule has 0 aliphatic heterocycles. The smallest absolute Gasteiger partial charge is 0.0561 e. The first-order valence-electron chi connectivity index (χ1n) is 10.4. The molecule has 0 saturated heterocycles. The van der Waals surface area contributed by atoms with E-state index in [0.717, 1.165) is 11.3 Å². The van der Waals surface area contributed by atoms with Gasteiger partial charge in [-0.15, -0.1) is 0 Å². The monoisotopic (exact) mass is 391 g/mol. The minimum absolute atomic E-state index is 0.128. The molecule has 2 atom stereocenters. The second-order valence-corrected chi connectivity index (χ2v) is 15.0. The lowest BCUT2D eigenvalue weighted by Gasteiger charge is -2.46. The Labute approximate surface area is 162 Å². The largest absolute Gasteiger partial charge is 0.356 e. The van der Waals surface area contributed by atoms with Crippen molar-refractivity contribution in [3.8, 4) is 0 Å². The second kappa shape index (κ2) is 12.3. The second-order valence-electron chi connectivity index (χ2n) is 9.24. The third kappa shape index (κ3) is 9.51. The SMILES string of the molecule is CC(C)CN([C@H](CP(OC(C)C)C(C)C)C(C)C)P(C(C)C)C(C)C. The molecular weight excluding hydrogens is 344 g/mol. The highest BCUT2D eigenvalue weighted by Gasteiger charge is 2.35. The van der Waals surface area contributed by atoms with E-state index >= 15 is 0 Å². The van der Waals surface area contributed by atoms with Crippen molar-refractivity contribution in [2.45, 2.75) is 112 Å². The van der Waals surface area contributed by atoms with Crippen molar-refractivity contribution >= 4 is 16.2 Å². The summed E-state index contributed by atoms with van der Waals surface area (Å²) in [7, 11) is -0.511. The molecule has 1 unspecified atom stereocenters. The standard InChI is InChI=1S/C21H47NOP2/c1-15(2)13-22(25(19(9)10)20(11)12)21(16(3)4)14-24(18(7)8)23-17(5)6/h15-21H,13-14H2,1-12H3/t21-,24?/m1/s1. The van der Waals surface area contributed by atoms with Crippen molar-refractivity contribution < 1.29 is 4.52 Å². The summed E-state index contributed by atoms with van der Waals surface area (Å²) in [5, 5.41) is 0. The third-order valence-electron chi connectivity index (χ3n) is 4.35. The predicted molar refractivity (Wildman–Crippen MR) is 121 cm³/mol. The lowest BCUT2D eigenvalue weighted by Crippen LogP contribution is -2.43. The number of nitrogens with zero attached hydrogens (tertiary/aromatic N) is 1. The fourth-order valence-electron chi connectivity index (χ4n) is 3.44. The van der Waals surface area contributed by atoms with Crippen molar-refractivity contribution in [3.05, 3.63) is 0 Å². The summed E-state index contributed by atoms with van der Waals surface area (Å²) >= 11 is 0. The van der Waals surface area contributed by atoms with Crippen LogP contribution in [0, 0.1) is 11.8 Å². The maximum Gasteiger partial charge on any atom is 0.0561 e. The molecule has 0 aliphatic rings.